The molecule has 3 aromatic carbocycles. The van der Waals surface area contributed by atoms with Crippen LogP contribution in [0.3, 0.4) is 0 Å². The van der Waals surface area contributed by atoms with E-state index < -0.39 is 0 Å². The molecule has 0 saturated carbocycles. The molecule has 0 aliphatic carbocycles. The molecule has 0 saturated heterocycles. The van der Waals surface area contributed by atoms with Gasteiger partial charge in [0.2, 0.25) is 0 Å². The average molecular weight is 354 g/mol. The van der Waals surface area contributed by atoms with Crippen LogP contribution >= 0.6 is 11.3 Å². The van der Waals surface area contributed by atoms with Gasteiger partial charge >= 0.3 is 0 Å². The molecule has 0 aliphatic heterocycles. The van der Waals surface area contributed by atoms with E-state index in [1.807, 2.05) is 54.6 Å². The standard InChI is InChI=1S/C23H18N2S/c1-4-10-18(11-5-1)21(24-20-14-8-3-9-15-20)16-23-25-22(17-26-23)19-12-6-2-7-13-19/h1-17,24H. The maximum absolute atomic E-state index is 4.79. The van der Waals surface area contributed by atoms with Gasteiger partial charge in [-0.2, -0.15) is 0 Å². The molecule has 2 nitrogen and oxygen atoms in total. The third-order valence-corrected chi connectivity index (χ3v) is 4.79. The van der Waals surface area contributed by atoms with Gasteiger partial charge in [-0.25, -0.2) is 4.98 Å². The van der Waals surface area contributed by atoms with Gasteiger partial charge in [0.15, 0.2) is 0 Å². The third-order valence-electron chi connectivity index (χ3n) is 4.00. The van der Waals surface area contributed by atoms with Gasteiger partial charge in [-0.1, -0.05) is 78.9 Å². The summed E-state index contributed by atoms with van der Waals surface area (Å²) >= 11 is 1.65. The largest absolute Gasteiger partial charge is 0.355 e. The highest BCUT2D eigenvalue weighted by Gasteiger charge is 2.06. The van der Waals surface area contributed by atoms with Crippen molar-refractivity contribution in [2.24, 2.45) is 0 Å². The molecule has 4 rings (SSSR count). The summed E-state index contributed by atoms with van der Waals surface area (Å²) in [4.78, 5) is 4.79. The highest BCUT2D eigenvalue weighted by Crippen LogP contribution is 2.26. The Bertz CT molecular complexity index is 990. The average Bonchev–Trinajstić information content (AvgIpc) is 3.18. The van der Waals surface area contributed by atoms with Crippen LogP contribution in [-0.4, -0.2) is 4.98 Å². The fourth-order valence-corrected chi connectivity index (χ4v) is 3.46. The third kappa shape index (κ3) is 3.90. The molecule has 0 aliphatic rings. The number of hydrogen-bond donors (Lipinski definition) is 1. The quantitative estimate of drug-likeness (QED) is 0.447. The van der Waals surface area contributed by atoms with Crippen molar-refractivity contribution >= 4 is 28.8 Å². The number of rotatable bonds is 5. The van der Waals surface area contributed by atoms with Crippen molar-refractivity contribution in [2.45, 2.75) is 0 Å². The number of benzene rings is 3. The van der Waals surface area contributed by atoms with E-state index in [0.29, 0.717) is 0 Å². The number of aromatic nitrogens is 1. The van der Waals surface area contributed by atoms with E-state index in [0.717, 1.165) is 33.2 Å². The predicted molar refractivity (Wildman–Crippen MR) is 112 cm³/mol. The first kappa shape index (κ1) is 16.3. The van der Waals surface area contributed by atoms with E-state index in [2.05, 4.69) is 53.2 Å². The zero-order chi connectivity index (χ0) is 17.6. The normalized spacial score (nSPS) is 11.3. The Kier molecular flexibility index (Phi) is 4.90. The summed E-state index contributed by atoms with van der Waals surface area (Å²) in [7, 11) is 0. The molecule has 0 amide bonds. The Morgan fingerprint density at radius 3 is 2.08 bits per heavy atom. The van der Waals surface area contributed by atoms with E-state index in [9.17, 15) is 0 Å². The predicted octanol–water partition coefficient (Wildman–Crippen LogP) is 6.42. The second-order valence-corrected chi connectivity index (χ2v) is 6.74. The SMILES string of the molecule is C(=C(Nc1ccccc1)c1ccccc1)c1nc(-c2ccccc2)cs1. The molecule has 4 aromatic rings. The van der Waals surface area contributed by atoms with Crippen LogP contribution in [0.1, 0.15) is 10.6 Å². The van der Waals surface area contributed by atoms with Crippen LogP contribution in [0, 0.1) is 0 Å². The van der Waals surface area contributed by atoms with Crippen LogP contribution in [0.4, 0.5) is 5.69 Å². The van der Waals surface area contributed by atoms with Crippen molar-refractivity contribution in [1.29, 1.82) is 0 Å². The number of nitrogens with zero attached hydrogens (tertiary/aromatic N) is 1. The van der Waals surface area contributed by atoms with Crippen molar-refractivity contribution in [3.8, 4) is 11.3 Å². The van der Waals surface area contributed by atoms with Crippen molar-refractivity contribution < 1.29 is 0 Å². The van der Waals surface area contributed by atoms with Crippen LogP contribution < -0.4 is 5.32 Å². The van der Waals surface area contributed by atoms with Gasteiger partial charge in [0.25, 0.3) is 0 Å². The van der Waals surface area contributed by atoms with Crippen LogP contribution in [0.15, 0.2) is 96.4 Å². The molecule has 1 heterocycles. The molecule has 0 fully saturated rings. The Labute approximate surface area is 157 Å². The molecule has 1 aromatic heterocycles. The van der Waals surface area contributed by atoms with Gasteiger partial charge in [-0.05, 0) is 23.8 Å². The Hall–Kier alpha value is -3.17. The van der Waals surface area contributed by atoms with Gasteiger partial charge in [0, 0.05) is 22.3 Å². The van der Waals surface area contributed by atoms with Crippen LogP contribution in [0.5, 0.6) is 0 Å². The zero-order valence-electron chi connectivity index (χ0n) is 14.2. The molecule has 3 heteroatoms. The highest BCUT2D eigenvalue weighted by atomic mass is 32.1. The van der Waals surface area contributed by atoms with E-state index in [-0.39, 0.29) is 0 Å². The first-order valence-corrected chi connectivity index (χ1v) is 9.36. The second kappa shape index (κ2) is 7.81. The molecule has 0 atom stereocenters. The minimum atomic E-state index is 0.978. The molecule has 126 valence electrons. The second-order valence-electron chi connectivity index (χ2n) is 5.85. The maximum Gasteiger partial charge on any atom is 0.118 e. The molecule has 0 unspecified atom stereocenters. The summed E-state index contributed by atoms with van der Waals surface area (Å²) in [6.45, 7) is 0. The molecule has 0 bridgehead atoms. The van der Waals surface area contributed by atoms with E-state index in [1.165, 1.54) is 0 Å². The van der Waals surface area contributed by atoms with E-state index >= 15 is 0 Å². The summed E-state index contributed by atoms with van der Waals surface area (Å²) in [5, 5.41) is 6.60. The Balaban J connectivity index is 1.69. The van der Waals surface area contributed by atoms with Crippen molar-refractivity contribution in [3.05, 3.63) is 107 Å². The summed E-state index contributed by atoms with van der Waals surface area (Å²) in [5.74, 6) is 0. The van der Waals surface area contributed by atoms with Gasteiger partial charge in [0.1, 0.15) is 5.01 Å². The smallest absolute Gasteiger partial charge is 0.118 e. The summed E-state index contributed by atoms with van der Waals surface area (Å²) in [6, 6.07) is 30.8. The lowest BCUT2D eigenvalue weighted by Crippen LogP contribution is -1.98. The number of thiazole rings is 1. The van der Waals surface area contributed by atoms with Gasteiger partial charge in [-0.15, -0.1) is 11.3 Å². The fourth-order valence-electron chi connectivity index (χ4n) is 2.71. The number of hydrogen-bond acceptors (Lipinski definition) is 3. The number of anilines is 1. The summed E-state index contributed by atoms with van der Waals surface area (Å²) < 4.78 is 0. The van der Waals surface area contributed by atoms with Crippen molar-refractivity contribution in [2.75, 3.05) is 5.32 Å². The Morgan fingerprint density at radius 1 is 0.769 bits per heavy atom. The van der Waals surface area contributed by atoms with Crippen LogP contribution in [0.25, 0.3) is 23.0 Å². The van der Waals surface area contributed by atoms with Crippen molar-refractivity contribution in [3.63, 3.8) is 0 Å². The van der Waals surface area contributed by atoms with E-state index in [4.69, 9.17) is 4.98 Å². The zero-order valence-corrected chi connectivity index (χ0v) is 15.0. The lowest BCUT2D eigenvalue weighted by molar-refractivity contribution is 1.38. The summed E-state index contributed by atoms with van der Waals surface area (Å²) in [6.07, 6.45) is 2.11. The lowest BCUT2D eigenvalue weighted by atomic mass is 10.1. The maximum atomic E-state index is 4.79. The van der Waals surface area contributed by atoms with E-state index in [1.54, 1.807) is 11.3 Å². The minimum Gasteiger partial charge on any atom is -0.355 e. The van der Waals surface area contributed by atoms with Crippen LogP contribution in [-0.2, 0) is 0 Å². The van der Waals surface area contributed by atoms with Gasteiger partial charge in [-0.3, -0.25) is 0 Å². The summed E-state index contributed by atoms with van der Waals surface area (Å²) in [5.41, 5.74) is 5.37. The topological polar surface area (TPSA) is 24.9 Å². The fraction of sp³-hybridized carbons (Fsp3) is 0. The number of para-hydroxylation sites is 1. The Morgan fingerprint density at radius 2 is 1.38 bits per heavy atom. The molecular weight excluding hydrogens is 336 g/mol. The first-order chi connectivity index (χ1) is 12.9. The van der Waals surface area contributed by atoms with Crippen LogP contribution in [0.2, 0.25) is 0 Å². The number of nitrogens with one attached hydrogen (secondary N) is 1. The van der Waals surface area contributed by atoms with Gasteiger partial charge < -0.3 is 5.32 Å². The molecule has 26 heavy (non-hydrogen) atoms. The lowest BCUT2D eigenvalue weighted by Gasteiger charge is -2.11. The first-order valence-electron chi connectivity index (χ1n) is 8.49. The van der Waals surface area contributed by atoms with Crippen molar-refractivity contribution in [1.82, 2.24) is 4.98 Å². The molecule has 1 N–H and O–H groups in total. The van der Waals surface area contributed by atoms with Gasteiger partial charge in [0.05, 0.1) is 5.69 Å². The monoisotopic (exact) mass is 354 g/mol. The highest BCUT2D eigenvalue weighted by molar-refractivity contribution is 7.10. The molecule has 0 spiro atoms. The minimum absolute atomic E-state index is 0.978. The molecular formula is C23H18N2S. The molecule has 0 radical (unpaired) electrons.